The molecule has 7 heteroatoms. The normalized spacial score (nSPS) is 15.9. The van der Waals surface area contributed by atoms with Gasteiger partial charge in [0.05, 0.1) is 30.5 Å². The highest BCUT2D eigenvalue weighted by atomic mass is 32.2. The molecule has 1 atom stereocenters. The van der Waals surface area contributed by atoms with Gasteiger partial charge in [0.25, 0.3) is 0 Å². The number of nitriles is 1. The van der Waals surface area contributed by atoms with E-state index in [1.54, 1.807) is 18.2 Å². The fraction of sp³-hybridized carbons (Fsp3) is 0.167. The van der Waals surface area contributed by atoms with Gasteiger partial charge in [-0.25, -0.2) is 8.78 Å². The average Bonchev–Trinajstić information content (AvgIpc) is 3.10. The minimum atomic E-state index is -0.474. The Bertz CT molecular complexity index is 864. The molecule has 0 saturated heterocycles. The third-order valence-corrected chi connectivity index (χ3v) is 4.69. The van der Waals surface area contributed by atoms with Gasteiger partial charge in [-0.3, -0.25) is 0 Å². The molecule has 0 spiro atoms. The third-order valence-electron chi connectivity index (χ3n) is 3.82. The number of nitrogens with one attached hydrogen (secondary N) is 2. The van der Waals surface area contributed by atoms with Crippen molar-refractivity contribution in [1.82, 2.24) is 5.32 Å². The summed E-state index contributed by atoms with van der Waals surface area (Å²) in [6, 6.07) is 10.9. The van der Waals surface area contributed by atoms with Gasteiger partial charge in [0.1, 0.15) is 5.82 Å². The first-order chi connectivity index (χ1) is 12.1. The SMILES string of the molecule is COc1cc(C2CC(SNc3ccc(C#N)cc3F)=CN2)ccc1F. The van der Waals surface area contributed by atoms with Crippen molar-refractivity contribution >= 4 is 17.6 Å². The second-order valence-electron chi connectivity index (χ2n) is 5.44. The van der Waals surface area contributed by atoms with E-state index in [-0.39, 0.29) is 17.4 Å². The number of methoxy groups -OCH3 is 1. The Hall–Kier alpha value is -2.72. The van der Waals surface area contributed by atoms with E-state index >= 15 is 0 Å². The fourth-order valence-electron chi connectivity index (χ4n) is 2.48. The minimum Gasteiger partial charge on any atom is -0.494 e. The van der Waals surface area contributed by atoms with Gasteiger partial charge in [0, 0.05) is 17.5 Å². The standard InChI is InChI=1S/C18H15F2N3OS/c1-24-18-7-12(3-4-14(18)19)17-8-13(10-22-17)25-23-16-5-2-11(9-21)6-15(16)20/h2-7,10,17,22-23H,8H2,1H3. The number of ether oxygens (including phenoxy) is 1. The van der Waals surface area contributed by atoms with Crippen LogP contribution >= 0.6 is 11.9 Å². The zero-order chi connectivity index (χ0) is 17.8. The highest BCUT2D eigenvalue weighted by molar-refractivity contribution is 8.04. The summed E-state index contributed by atoms with van der Waals surface area (Å²) in [6.45, 7) is 0. The van der Waals surface area contributed by atoms with Crippen LogP contribution in [-0.4, -0.2) is 7.11 Å². The first kappa shape index (κ1) is 17.1. The van der Waals surface area contributed by atoms with Crippen molar-refractivity contribution < 1.29 is 13.5 Å². The molecular weight excluding hydrogens is 344 g/mol. The summed E-state index contributed by atoms with van der Waals surface area (Å²) in [5, 5.41) is 12.0. The van der Waals surface area contributed by atoms with E-state index < -0.39 is 11.6 Å². The van der Waals surface area contributed by atoms with Crippen LogP contribution in [0.15, 0.2) is 47.5 Å². The zero-order valence-electron chi connectivity index (χ0n) is 13.3. The predicted molar refractivity (Wildman–Crippen MR) is 93.9 cm³/mol. The second kappa shape index (κ2) is 7.45. The maximum atomic E-state index is 13.9. The number of hydrogen-bond acceptors (Lipinski definition) is 5. The number of anilines is 1. The van der Waals surface area contributed by atoms with Gasteiger partial charge in [-0.1, -0.05) is 6.07 Å². The molecule has 0 radical (unpaired) electrons. The number of rotatable bonds is 5. The Labute approximate surface area is 148 Å². The smallest absolute Gasteiger partial charge is 0.165 e. The van der Waals surface area contributed by atoms with Gasteiger partial charge >= 0.3 is 0 Å². The van der Waals surface area contributed by atoms with E-state index in [1.165, 1.54) is 37.3 Å². The summed E-state index contributed by atoms with van der Waals surface area (Å²) < 4.78 is 35.3. The monoisotopic (exact) mass is 359 g/mol. The zero-order valence-corrected chi connectivity index (χ0v) is 14.2. The highest BCUT2D eigenvalue weighted by Gasteiger charge is 2.20. The van der Waals surface area contributed by atoms with Crippen molar-refractivity contribution in [3.8, 4) is 11.8 Å². The molecule has 1 aliphatic rings. The largest absolute Gasteiger partial charge is 0.494 e. The maximum Gasteiger partial charge on any atom is 0.165 e. The van der Waals surface area contributed by atoms with E-state index in [2.05, 4.69) is 10.0 Å². The van der Waals surface area contributed by atoms with Crippen LogP contribution < -0.4 is 14.8 Å². The molecule has 0 fully saturated rings. The Morgan fingerprint density at radius 3 is 2.80 bits per heavy atom. The molecule has 4 nitrogen and oxygen atoms in total. The topological polar surface area (TPSA) is 57.1 Å². The van der Waals surface area contributed by atoms with E-state index in [4.69, 9.17) is 10.00 Å². The molecule has 1 unspecified atom stereocenters. The molecule has 1 aliphatic heterocycles. The van der Waals surface area contributed by atoms with E-state index in [0.29, 0.717) is 12.1 Å². The van der Waals surface area contributed by atoms with Crippen molar-refractivity contribution in [2.24, 2.45) is 0 Å². The molecule has 2 aromatic rings. The highest BCUT2D eigenvalue weighted by Crippen LogP contribution is 2.35. The van der Waals surface area contributed by atoms with E-state index in [0.717, 1.165) is 10.5 Å². The fourth-order valence-corrected chi connectivity index (χ4v) is 3.26. The number of nitrogens with zero attached hydrogens (tertiary/aromatic N) is 1. The van der Waals surface area contributed by atoms with Crippen LogP contribution in [-0.2, 0) is 0 Å². The number of benzene rings is 2. The van der Waals surface area contributed by atoms with Gasteiger partial charge in [-0.15, -0.1) is 0 Å². The summed E-state index contributed by atoms with van der Waals surface area (Å²) in [5.41, 5.74) is 1.51. The van der Waals surface area contributed by atoms with Crippen LogP contribution in [0.25, 0.3) is 0 Å². The van der Waals surface area contributed by atoms with Crippen molar-refractivity contribution in [3.05, 3.63) is 70.3 Å². The molecule has 25 heavy (non-hydrogen) atoms. The molecule has 0 saturated carbocycles. The molecule has 128 valence electrons. The average molecular weight is 359 g/mol. The second-order valence-corrected chi connectivity index (χ2v) is 6.37. The molecule has 2 N–H and O–H groups in total. The maximum absolute atomic E-state index is 13.9. The quantitative estimate of drug-likeness (QED) is 0.771. The lowest BCUT2D eigenvalue weighted by Gasteiger charge is -2.13. The van der Waals surface area contributed by atoms with Gasteiger partial charge in [0.2, 0.25) is 0 Å². The predicted octanol–water partition coefficient (Wildman–Crippen LogP) is 4.48. The number of halogens is 2. The molecule has 0 aliphatic carbocycles. The Morgan fingerprint density at radius 1 is 1.24 bits per heavy atom. The van der Waals surface area contributed by atoms with Crippen LogP contribution in [0.3, 0.4) is 0 Å². The molecule has 3 rings (SSSR count). The van der Waals surface area contributed by atoms with Crippen LogP contribution in [0, 0.1) is 23.0 Å². The molecule has 2 aromatic carbocycles. The first-order valence-electron chi connectivity index (χ1n) is 7.51. The van der Waals surface area contributed by atoms with Gasteiger partial charge in [-0.05, 0) is 47.8 Å². The van der Waals surface area contributed by atoms with Crippen molar-refractivity contribution in [2.75, 3.05) is 11.8 Å². The molecule has 0 amide bonds. The first-order valence-corrected chi connectivity index (χ1v) is 8.33. The van der Waals surface area contributed by atoms with Crippen molar-refractivity contribution in [1.29, 1.82) is 5.26 Å². The van der Waals surface area contributed by atoms with Crippen LogP contribution in [0.2, 0.25) is 0 Å². The molecule has 0 aromatic heterocycles. The van der Waals surface area contributed by atoms with Gasteiger partial charge in [0.15, 0.2) is 11.6 Å². The Morgan fingerprint density at radius 2 is 2.08 bits per heavy atom. The van der Waals surface area contributed by atoms with Crippen molar-refractivity contribution in [3.63, 3.8) is 0 Å². The summed E-state index contributed by atoms with van der Waals surface area (Å²) in [4.78, 5) is 0.983. The van der Waals surface area contributed by atoms with Crippen molar-refractivity contribution in [2.45, 2.75) is 12.5 Å². The van der Waals surface area contributed by atoms with E-state index in [1.807, 2.05) is 12.3 Å². The Balaban J connectivity index is 1.61. The third kappa shape index (κ3) is 3.86. The molecule has 0 bridgehead atoms. The lowest BCUT2D eigenvalue weighted by molar-refractivity contribution is 0.385. The molecule has 1 heterocycles. The lowest BCUT2D eigenvalue weighted by atomic mass is 10.1. The summed E-state index contributed by atoms with van der Waals surface area (Å²) in [5.74, 6) is -0.666. The van der Waals surface area contributed by atoms with Crippen LogP contribution in [0.1, 0.15) is 23.6 Å². The van der Waals surface area contributed by atoms with Crippen LogP contribution in [0.5, 0.6) is 5.75 Å². The molecular formula is C18H15F2N3OS. The summed E-state index contributed by atoms with van der Waals surface area (Å²) >= 11 is 1.30. The lowest BCUT2D eigenvalue weighted by Crippen LogP contribution is -2.09. The van der Waals surface area contributed by atoms with Crippen LogP contribution in [0.4, 0.5) is 14.5 Å². The Kier molecular flexibility index (Phi) is 5.10. The van der Waals surface area contributed by atoms with E-state index in [9.17, 15) is 8.78 Å². The number of hydrogen-bond donors (Lipinski definition) is 2. The van der Waals surface area contributed by atoms with Gasteiger partial charge in [-0.2, -0.15) is 5.26 Å². The minimum absolute atomic E-state index is 0.00427. The summed E-state index contributed by atoms with van der Waals surface area (Å²) in [6.07, 6.45) is 2.53. The summed E-state index contributed by atoms with van der Waals surface area (Å²) in [7, 11) is 1.43. The van der Waals surface area contributed by atoms with Gasteiger partial charge < -0.3 is 14.8 Å².